The number of hydrogen-bond donors (Lipinski definition) is 0. The maximum atomic E-state index is 6.95. The van der Waals surface area contributed by atoms with E-state index in [-0.39, 0.29) is 0 Å². The van der Waals surface area contributed by atoms with Crippen molar-refractivity contribution in [3.63, 3.8) is 0 Å². The molecule has 1 heteroatoms. The fraction of sp³-hybridized carbons (Fsp3) is 1.00. The van der Waals surface area contributed by atoms with E-state index in [4.69, 9.17) is 11.6 Å². The topological polar surface area (TPSA) is 0 Å². The first-order chi connectivity index (χ1) is 10.9. The molecule has 0 radical (unpaired) electrons. The lowest BCUT2D eigenvalue weighted by atomic mass is 9.68. The van der Waals surface area contributed by atoms with Crippen LogP contribution in [0.15, 0.2) is 0 Å². The van der Waals surface area contributed by atoms with Crippen molar-refractivity contribution in [2.75, 3.05) is 5.88 Å². The van der Waals surface area contributed by atoms with Crippen LogP contribution in [0, 0.1) is 118 Å². The Labute approximate surface area is 135 Å². The van der Waals surface area contributed by atoms with Gasteiger partial charge in [-0.25, -0.2) is 0 Å². The number of alkyl halides is 1. The van der Waals surface area contributed by atoms with E-state index in [1.54, 1.807) is 0 Å². The third-order valence-electron chi connectivity index (χ3n) is 13.9. The molecule has 0 spiro atoms. The van der Waals surface area contributed by atoms with Crippen LogP contribution in [0.1, 0.15) is 0 Å². The van der Waals surface area contributed by atoms with E-state index in [9.17, 15) is 0 Å². The minimum Gasteiger partial charge on any atom is -0.126 e. The van der Waals surface area contributed by atoms with Gasteiger partial charge < -0.3 is 0 Å². The van der Waals surface area contributed by atoms with Gasteiger partial charge in [0.25, 0.3) is 0 Å². The number of rotatable bonds is 1. The number of hydrogen-bond acceptors (Lipinski definition) is 0. The van der Waals surface area contributed by atoms with Crippen molar-refractivity contribution >= 4 is 11.6 Å². The zero-order chi connectivity index (χ0) is 13.2. The molecule has 12 aliphatic rings. The third-order valence-corrected chi connectivity index (χ3v) is 14.4. The van der Waals surface area contributed by atoms with Crippen molar-refractivity contribution in [1.29, 1.82) is 0 Å². The van der Waals surface area contributed by atoms with Gasteiger partial charge >= 0.3 is 0 Å². The van der Waals surface area contributed by atoms with E-state index in [1.165, 1.54) is 94.7 Å². The van der Waals surface area contributed by atoms with Crippen molar-refractivity contribution in [3.05, 3.63) is 0 Å². The predicted octanol–water partition coefficient (Wildman–Crippen LogP) is 3.07. The highest BCUT2D eigenvalue weighted by Gasteiger charge is 3.01. The molecule has 0 nitrogen and oxygen atoms in total. The Balaban J connectivity index is 1.46. The second kappa shape index (κ2) is 2.12. The molecule has 8 unspecified atom stereocenters. The first-order valence-electron chi connectivity index (χ1n) is 10.5. The Morgan fingerprint density at radius 1 is 0.409 bits per heavy atom. The van der Waals surface area contributed by atoms with Crippen molar-refractivity contribution in [2.45, 2.75) is 0 Å². The second-order valence-corrected chi connectivity index (χ2v) is 12.3. The van der Waals surface area contributed by atoms with Crippen LogP contribution in [0.5, 0.6) is 0 Å². The summed E-state index contributed by atoms with van der Waals surface area (Å²) in [5.41, 5.74) is 0.708. The summed E-state index contributed by atoms with van der Waals surface area (Å²) >= 11 is 6.95. The summed E-state index contributed by atoms with van der Waals surface area (Å²) in [6.45, 7) is 0. The Morgan fingerprint density at radius 3 is 0.864 bits per heavy atom. The van der Waals surface area contributed by atoms with Crippen LogP contribution in [0.25, 0.3) is 0 Å². The third kappa shape index (κ3) is 0.452. The highest BCUT2D eigenvalue weighted by molar-refractivity contribution is 6.18. The molecule has 12 fully saturated rings. The highest BCUT2D eigenvalue weighted by Crippen LogP contribution is 3.04. The van der Waals surface area contributed by atoms with Crippen LogP contribution in [0.2, 0.25) is 0 Å². The van der Waals surface area contributed by atoms with Gasteiger partial charge in [-0.05, 0) is 118 Å². The van der Waals surface area contributed by atoms with Gasteiger partial charge in [-0.3, -0.25) is 0 Å². The molecule has 0 heterocycles. The summed E-state index contributed by atoms with van der Waals surface area (Å²) in [5, 5.41) is 0. The van der Waals surface area contributed by atoms with E-state index in [2.05, 4.69) is 0 Å². The maximum Gasteiger partial charge on any atom is 0.0288 e. The molecule has 20 atom stereocenters. The summed E-state index contributed by atoms with van der Waals surface area (Å²) in [6.07, 6.45) is 0. The fourth-order valence-corrected chi connectivity index (χ4v) is 16.5. The van der Waals surface area contributed by atoms with Gasteiger partial charge in [0.1, 0.15) is 0 Å². The summed E-state index contributed by atoms with van der Waals surface area (Å²) in [5.74, 6) is 24.5. The first kappa shape index (κ1) is 9.69. The smallest absolute Gasteiger partial charge is 0.0288 e. The highest BCUT2D eigenvalue weighted by atomic mass is 35.5. The minimum absolute atomic E-state index is 0.708. The number of halogens is 1. The van der Waals surface area contributed by atoms with Crippen LogP contribution >= 0.6 is 11.6 Å². The summed E-state index contributed by atoms with van der Waals surface area (Å²) in [7, 11) is 0. The minimum atomic E-state index is 0.708. The van der Waals surface area contributed by atoms with Gasteiger partial charge in [-0.15, -0.1) is 11.6 Å². The molecule has 0 saturated heterocycles. The van der Waals surface area contributed by atoms with Crippen molar-refractivity contribution in [3.8, 4) is 0 Å². The summed E-state index contributed by atoms with van der Waals surface area (Å²) < 4.78 is 0. The molecule has 0 N–H and O–H groups in total. The van der Waals surface area contributed by atoms with Crippen molar-refractivity contribution < 1.29 is 0 Å². The van der Waals surface area contributed by atoms with Crippen molar-refractivity contribution in [1.82, 2.24) is 0 Å². The van der Waals surface area contributed by atoms with Crippen LogP contribution < -0.4 is 0 Å². The molecule has 12 saturated carbocycles. The van der Waals surface area contributed by atoms with E-state index < -0.39 is 0 Å². The molecule has 0 aromatic heterocycles. The quantitative estimate of drug-likeness (QED) is 0.653. The van der Waals surface area contributed by atoms with Gasteiger partial charge in [-0.1, -0.05) is 0 Å². The van der Waals surface area contributed by atoms with E-state index in [1.807, 2.05) is 0 Å². The van der Waals surface area contributed by atoms with Gasteiger partial charge in [0.05, 0.1) is 0 Å². The fourth-order valence-electron chi connectivity index (χ4n) is 16.0. The molecule has 22 heavy (non-hydrogen) atoms. The summed E-state index contributed by atoms with van der Waals surface area (Å²) in [6, 6.07) is 0. The largest absolute Gasteiger partial charge is 0.126 e. The first-order valence-corrected chi connectivity index (χ1v) is 11.0. The van der Waals surface area contributed by atoms with Gasteiger partial charge in [0.2, 0.25) is 0 Å². The molecular weight excluding hydrogens is 288 g/mol. The standard InChI is InChI=1S/C21H21Cl/c22-1-21-18-12-6-3-2-4-8(6)14(18)16-10(4)11-5(2)9-7(3)13(12)19(21)15(9)17(11)20(16)21/h2-20H,1H2/t2?,3?,4?,5?,6-,7-,8-,9+,10+,11+,12-,13+,14-,15+,16-,17-,18?,19?,20?,21?/m0/s1. The van der Waals surface area contributed by atoms with Gasteiger partial charge in [0, 0.05) is 5.88 Å². The lowest BCUT2D eigenvalue weighted by Gasteiger charge is -2.38. The molecule has 0 aromatic rings. The second-order valence-electron chi connectivity index (χ2n) is 12.1. The van der Waals surface area contributed by atoms with Crippen LogP contribution in [0.3, 0.4) is 0 Å². The molecule has 12 rings (SSSR count). The molecule has 112 valence electrons. The molecule has 0 aromatic carbocycles. The van der Waals surface area contributed by atoms with E-state index in [0.29, 0.717) is 5.41 Å². The lowest BCUT2D eigenvalue weighted by Crippen LogP contribution is -2.37. The molecular formula is C21H21Cl. The predicted molar refractivity (Wildman–Crippen MR) is 79.5 cm³/mol. The van der Waals surface area contributed by atoms with E-state index in [0.717, 1.165) is 23.6 Å². The Hall–Kier alpha value is 0.290. The van der Waals surface area contributed by atoms with Crippen molar-refractivity contribution in [2.24, 2.45) is 118 Å². The maximum absolute atomic E-state index is 6.95. The van der Waals surface area contributed by atoms with Gasteiger partial charge in [-0.2, -0.15) is 0 Å². The summed E-state index contributed by atoms with van der Waals surface area (Å²) in [4.78, 5) is 0. The average Bonchev–Trinajstić information content (AvgIpc) is 3.18. The SMILES string of the molecule is ClCC12C3[C@@H]4[C@@H]5C6C7C8[C@@H]5[C@@H]3[C@H]3C1[C@H]1[C@@H](C7[C@@H]5[C@@H]6[C@@H]4C2[C@@H]51)[C@H]83. The van der Waals surface area contributed by atoms with Crippen LogP contribution in [0.4, 0.5) is 0 Å². The average molecular weight is 309 g/mol. The molecule has 0 bridgehead atoms. The zero-order valence-electron chi connectivity index (χ0n) is 12.6. The van der Waals surface area contributed by atoms with Crippen LogP contribution in [-0.2, 0) is 0 Å². The Kier molecular flexibility index (Phi) is 0.934. The molecule has 0 amide bonds. The molecule has 12 aliphatic carbocycles. The van der Waals surface area contributed by atoms with E-state index >= 15 is 0 Å². The lowest BCUT2D eigenvalue weighted by molar-refractivity contribution is 0.108. The Bertz CT molecular complexity index is 626. The monoisotopic (exact) mass is 308 g/mol. The zero-order valence-corrected chi connectivity index (χ0v) is 13.3. The normalized spacial score (nSPS) is 103. The Morgan fingerprint density at radius 2 is 0.636 bits per heavy atom. The molecule has 0 aliphatic heterocycles. The van der Waals surface area contributed by atoms with Gasteiger partial charge in [0.15, 0.2) is 0 Å². The van der Waals surface area contributed by atoms with Crippen LogP contribution in [-0.4, -0.2) is 5.88 Å².